The van der Waals surface area contributed by atoms with E-state index >= 15 is 0 Å². The monoisotopic (exact) mass is 374 g/mol. The first-order valence-electron chi connectivity index (χ1n) is 8.81. The normalized spacial score (nSPS) is 10.2. The van der Waals surface area contributed by atoms with Gasteiger partial charge in [0.15, 0.2) is 0 Å². The molecule has 3 aromatic rings. The summed E-state index contributed by atoms with van der Waals surface area (Å²) in [6.45, 7) is 0. The average Bonchev–Trinajstić information content (AvgIpc) is 2.73. The number of carbonyl (C=O) groups is 2. The quantitative estimate of drug-likeness (QED) is 0.592. The minimum atomic E-state index is -0.221. The Hall–Kier alpha value is -3.80. The van der Waals surface area contributed by atoms with E-state index in [9.17, 15) is 9.59 Å². The van der Waals surface area contributed by atoms with Gasteiger partial charge in [-0.05, 0) is 72.8 Å². The predicted octanol–water partition coefficient (Wildman–Crippen LogP) is 3.84. The van der Waals surface area contributed by atoms with Gasteiger partial charge in [0.1, 0.15) is 0 Å². The topological polar surface area (TPSA) is 87.5 Å². The molecule has 0 aliphatic rings. The molecule has 0 unspecified atom stereocenters. The molecule has 2 amide bonds. The number of hydrogen-bond acceptors (Lipinski definition) is 4. The van der Waals surface area contributed by atoms with Crippen molar-refractivity contribution in [2.45, 2.75) is 0 Å². The molecule has 0 radical (unpaired) electrons. The summed E-state index contributed by atoms with van der Waals surface area (Å²) in [6, 6.07) is 21.1. The van der Waals surface area contributed by atoms with Crippen LogP contribution in [0.25, 0.3) is 0 Å². The summed E-state index contributed by atoms with van der Waals surface area (Å²) < 4.78 is 0. The summed E-state index contributed by atoms with van der Waals surface area (Å²) in [5, 5.41) is 5.85. The van der Waals surface area contributed by atoms with Crippen LogP contribution in [-0.2, 0) is 0 Å². The third-order valence-electron chi connectivity index (χ3n) is 4.41. The van der Waals surface area contributed by atoms with Crippen LogP contribution in [0.1, 0.15) is 20.7 Å². The number of rotatable bonds is 5. The van der Waals surface area contributed by atoms with Crippen LogP contribution in [0.15, 0.2) is 72.8 Å². The Labute approximate surface area is 164 Å². The Balaban J connectivity index is 1.68. The molecule has 3 rings (SSSR count). The van der Waals surface area contributed by atoms with Gasteiger partial charge >= 0.3 is 0 Å². The van der Waals surface area contributed by atoms with Gasteiger partial charge in [-0.25, -0.2) is 0 Å². The lowest BCUT2D eigenvalue weighted by Crippen LogP contribution is -2.26. The molecule has 6 nitrogen and oxygen atoms in total. The van der Waals surface area contributed by atoms with E-state index in [1.807, 2.05) is 19.2 Å². The molecule has 0 fully saturated rings. The third-order valence-corrected chi connectivity index (χ3v) is 4.41. The molecular formula is C22H22N4O2. The fourth-order valence-electron chi connectivity index (χ4n) is 2.70. The molecule has 0 heterocycles. The van der Waals surface area contributed by atoms with E-state index in [-0.39, 0.29) is 11.8 Å². The second kappa shape index (κ2) is 8.26. The molecule has 4 N–H and O–H groups in total. The molecule has 0 atom stereocenters. The number of nitrogens with one attached hydrogen (secondary N) is 2. The maximum Gasteiger partial charge on any atom is 0.258 e. The standard InChI is InChI=1S/C22H22N4O2/c1-24-18-9-5-16(6-10-18)22(28)26(2)20-13-11-19(12-14-20)25-21(27)15-3-7-17(23)8-4-15/h3-14,24H,23H2,1-2H3,(H,25,27). The SMILES string of the molecule is CNc1ccc(C(=O)N(C)c2ccc(NC(=O)c3ccc(N)cc3)cc2)cc1. The molecule has 0 aliphatic heterocycles. The molecule has 0 saturated carbocycles. The Bertz CT molecular complexity index is 965. The zero-order chi connectivity index (χ0) is 20.1. The summed E-state index contributed by atoms with van der Waals surface area (Å²) in [7, 11) is 3.55. The first kappa shape index (κ1) is 19.0. The van der Waals surface area contributed by atoms with Crippen LogP contribution >= 0.6 is 0 Å². The highest BCUT2D eigenvalue weighted by atomic mass is 16.2. The van der Waals surface area contributed by atoms with Crippen molar-refractivity contribution in [1.29, 1.82) is 0 Å². The molecule has 0 saturated heterocycles. The summed E-state index contributed by atoms with van der Waals surface area (Å²) >= 11 is 0. The Morgan fingerprint density at radius 1 is 0.786 bits per heavy atom. The van der Waals surface area contributed by atoms with Crippen molar-refractivity contribution in [3.63, 3.8) is 0 Å². The molecular weight excluding hydrogens is 352 g/mol. The van der Waals surface area contributed by atoms with Crippen LogP contribution in [0.5, 0.6) is 0 Å². The predicted molar refractivity (Wildman–Crippen MR) is 114 cm³/mol. The van der Waals surface area contributed by atoms with Gasteiger partial charge in [-0.15, -0.1) is 0 Å². The molecule has 28 heavy (non-hydrogen) atoms. The van der Waals surface area contributed by atoms with Crippen molar-refractivity contribution in [3.05, 3.63) is 83.9 Å². The first-order valence-corrected chi connectivity index (χ1v) is 8.81. The van der Waals surface area contributed by atoms with Gasteiger partial charge in [0.05, 0.1) is 0 Å². The van der Waals surface area contributed by atoms with Crippen LogP contribution in [0.2, 0.25) is 0 Å². The molecule has 0 bridgehead atoms. The largest absolute Gasteiger partial charge is 0.399 e. The maximum absolute atomic E-state index is 12.6. The van der Waals surface area contributed by atoms with Crippen molar-refractivity contribution in [2.24, 2.45) is 0 Å². The Morgan fingerprint density at radius 2 is 1.32 bits per heavy atom. The number of hydrogen-bond donors (Lipinski definition) is 3. The van der Waals surface area contributed by atoms with Crippen molar-refractivity contribution in [2.75, 3.05) is 35.4 Å². The molecule has 6 heteroatoms. The van der Waals surface area contributed by atoms with Crippen LogP contribution in [0, 0.1) is 0 Å². The van der Waals surface area contributed by atoms with Gasteiger partial charge in [0.25, 0.3) is 11.8 Å². The molecule has 142 valence electrons. The fourth-order valence-corrected chi connectivity index (χ4v) is 2.70. The second-order valence-corrected chi connectivity index (χ2v) is 6.31. The molecule has 0 aromatic heterocycles. The van der Waals surface area contributed by atoms with Crippen LogP contribution in [0.3, 0.4) is 0 Å². The highest BCUT2D eigenvalue weighted by molar-refractivity contribution is 6.06. The number of nitrogens with two attached hydrogens (primary N) is 1. The number of nitrogen functional groups attached to an aromatic ring is 1. The number of amides is 2. The average molecular weight is 374 g/mol. The van der Waals surface area contributed by atoms with Crippen LogP contribution in [-0.4, -0.2) is 25.9 Å². The molecule has 0 aliphatic carbocycles. The minimum Gasteiger partial charge on any atom is -0.399 e. The Kier molecular flexibility index (Phi) is 5.60. The van der Waals surface area contributed by atoms with Crippen LogP contribution in [0.4, 0.5) is 22.7 Å². The van der Waals surface area contributed by atoms with E-state index in [2.05, 4.69) is 10.6 Å². The minimum absolute atomic E-state index is 0.110. The van der Waals surface area contributed by atoms with E-state index in [0.29, 0.717) is 22.5 Å². The third kappa shape index (κ3) is 4.29. The lowest BCUT2D eigenvalue weighted by Gasteiger charge is -2.18. The van der Waals surface area contributed by atoms with Gasteiger partial charge in [-0.3, -0.25) is 9.59 Å². The van der Waals surface area contributed by atoms with Gasteiger partial charge in [-0.1, -0.05) is 0 Å². The number of benzene rings is 3. The zero-order valence-corrected chi connectivity index (χ0v) is 15.8. The van der Waals surface area contributed by atoms with E-state index < -0.39 is 0 Å². The number of carbonyl (C=O) groups excluding carboxylic acids is 2. The highest BCUT2D eigenvalue weighted by Crippen LogP contribution is 2.20. The van der Waals surface area contributed by atoms with Crippen LogP contribution < -0.4 is 21.3 Å². The van der Waals surface area contributed by atoms with E-state index in [4.69, 9.17) is 5.73 Å². The van der Waals surface area contributed by atoms with Crippen molar-refractivity contribution >= 4 is 34.6 Å². The molecule has 3 aromatic carbocycles. The van der Waals surface area contributed by atoms with Crippen molar-refractivity contribution in [3.8, 4) is 0 Å². The fraction of sp³-hybridized carbons (Fsp3) is 0.0909. The van der Waals surface area contributed by atoms with Gasteiger partial charge in [0.2, 0.25) is 0 Å². The zero-order valence-electron chi connectivity index (χ0n) is 15.8. The van der Waals surface area contributed by atoms with E-state index in [1.54, 1.807) is 72.6 Å². The number of nitrogens with zero attached hydrogens (tertiary/aromatic N) is 1. The van der Waals surface area contributed by atoms with Gasteiger partial charge in [-0.2, -0.15) is 0 Å². The van der Waals surface area contributed by atoms with Crippen molar-refractivity contribution in [1.82, 2.24) is 0 Å². The lowest BCUT2D eigenvalue weighted by atomic mass is 10.1. The Morgan fingerprint density at radius 3 is 1.89 bits per heavy atom. The van der Waals surface area contributed by atoms with E-state index in [0.717, 1.165) is 11.4 Å². The van der Waals surface area contributed by atoms with Crippen molar-refractivity contribution < 1.29 is 9.59 Å². The number of anilines is 4. The summed E-state index contributed by atoms with van der Waals surface area (Å²) in [5.41, 5.74) is 9.68. The smallest absolute Gasteiger partial charge is 0.258 e. The van der Waals surface area contributed by atoms with Gasteiger partial charge < -0.3 is 21.3 Å². The lowest BCUT2D eigenvalue weighted by molar-refractivity contribution is 0.0991. The molecule has 0 spiro atoms. The second-order valence-electron chi connectivity index (χ2n) is 6.31. The summed E-state index contributed by atoms with van der Waals surface area (Å²) in [4.78, 5) is 26.5. The van der Waals surface area contributed by atoms with E-state index in [1.165, 1.54) is 0 Å². The maximum atomic E-state index is 12.6. The first-order chi connectivity index (χ1) is 13.5. The summed E-state index contributed by atoms with van der Waals surface area (Å²) in [6.07, 6.45) is 0. The van der Waals surface area contributed by atoms with Gasteiger partial charge in [0, 0.05) is 48.0 Å². The summed E-state index contributed by atoms with van der Waals surface area (Å²) in [5.74, 6) is -0.330. The highest BCUT2D eigenvalue weighted by Gasteiger charge is 2.14.